The summed E-state index contributed by atoms with van der Waals surface area (Å²) in [4.78, 5) is 21.1. The second-order valence-electron chi connectivity index (χ2n) is 8.23. The molecule has 0 bridgehead atoms. The number of sulfonamides is 1. The fraction of sp³-hybridized carbons (Fsp3) is 0.261. The van der Waals surface area contributed by atoms with E-state index in [9.17, 15) is 17.6 Å². The van der Waals surface area contributed by atoms with Gasteiger partial charge in [-0.2, -0.15) is 4.37 Å². The third-order valence-corrected chi connectivity index (χ3v) is 8.24. The van der Waals surface area contributed by atoms with Crippen molar-refractivity contribution in [3.63, 3.8) is 0 Å². The Labute approximate surface area is 207 Å². The topological polar surface area (TPSA) is 100 Å². The summed E-state index contributed by atoms with van der Waals surface area (Å²) in [6.45, 7) is 4.14. The number of benzene rings is 2. The van der Waals surface area contributed by atoms with E-state index in [4.69, 9.17) is 0 Å². The Balaban J connectivity index is 0.00000304. The van der Waals surface area contributed by atoms with E-state index in [1.165, 1.54) is 12.4 Å². The molecule has 0 unspecified atom stereocenters. The third kappa shape index (κ3) is 4.58. The van der Waals surface area contributed by atoms with Crippen LogP contribution in [0.25, 0.3) is 10.9 Å². The predicted octanol–water partition coefficient (Wildman–Crippen LogP) is 3.59. The molecule has 0 aliphatic carbocycles. The first-order chi connectivity index (χ1) is 16.8. The Morgan fingerprint density at radius 3 is 2.54 bits per heavy atom. The highest BCUT2D eigenvalue weighted by atomic mass is 32.2. The number of nitrogens with one attached hydrogen (secondary N) is 1. The average molecular weight is 517 g/mol. The summed E-state index contributed by atoms with van der Waals surface area (Å²) < 4.78 is 47.1. The lowest BCUT2D eigenvalue weighted by Crippen LogP contribution is -2.50. The van der Waals surface area contributed by atoms with Crippen LogP contribution < -0.4 is 9.62 Å². The van der Waals surface area contributed by atoms with Crippen LogP contribution in [0.1, 0.15) is 14.4 Å². The molecule has 1 fully saturated rings. The highest BCUT2D eigenvalue weighted by molar-refractivity contribution is 7.93. The van der Waals surface area contributed by atoms with Crippen LogP contribution in [0.3, 0.4) is 0 Å². The van der Waals surface area contributed by atoms with Crippen molar-refractivity contribution < 1.29 is 19.0 Å². The molecule has 1 aliphatic rings. The SMILES string of the molecule is C[C@@H](C(=O)N1CCN(c2ccc(S(=O)(=O)Nc3ncns3)cc2)CC1)n1ccc2c(F)cccc21.[HH]. The second kappa shape index (κ2) is 9.27. The van der Waals surface area contributed by atoms with Gasteiger partial charge in [-0.25, -0.2) is 17.8 Å². The van der Waals surface area contributed by atoms with Crippen LogP contribution in [0.2, 0.25) is 0 Å². The van der Waals surface area contributed by atoms with Gasteiger partial charge in [-0.05, 0) is 49.4 Å². The number of halogens is 1. The molecule has 4 aromatic rings. The van der Waals surface area contributed by atoms with Crippen molar-refractivity contribution in [2.45, 2.75) is 17.9 Å². The second-order valence-corrected chi connectivity index (χ2v) is 10.7. The fourth-order valence-electron chi connectivity index (χ4n) is 4.28. The lowest BCUT2D eigenvalue weighted by atomic mass is 10.2. The lowest BCUT2D eigenvalue weighted by Gasteiger charge is -2.37. The average Bonchev–Trinajstić information content (AvgIpc) is 3.54. The number of aromatic nitrogens is 3. The number of anilines is 2. The minimum atomic E-state index is -3.74. The summed E-state index contributed by atoms with van der Waals surface area (Å²) in [6, 6.07) is 12.7. The van der Waals surface area contributed by atoms with Crippen LogP contribution in [-0.2, 0) is 14.8 Å². The maximum absolute atomic E-state index is 14.0. The standard InChI is InChI=1S/C23H23FN6O3S2.H2/c1-16(30-10-9-19-20(24)3-2-4-21(19)30)22(31)29-13-11-28(12-14-29)17-5-7-18(8-6-17)35(32,33)27-23-25-15-26-34-23;/h2-10,15-16H,11-14H2,1H3,(H,25,26,27);1H/t16-;/m0./s1. The summed E-state index contributed by atoms with van der Waals surface area (Å²) in [5, 5.41) is 0.711. The molecule has 9 nitrogen and oxygen atoms in total. The molecule has 35 heavy (non-hydrogen) atoms. The van der Waals surface area contributed by atoms with Crippen molar-refractivity contribution in [2.75, 3.05) is 35.8 Å². The smallest absolute Gasteiger partial charge is 0.263 e. The number of carbonyl (C=O) groups is 1. The Morgan fingerprint density at radius 1 is 1.11 bits per heavy atom. The van der Waals surface area contributed by atoms with Crippen LogP contribution >= 0.6 is 11.5 Å². The van der Waals surface area contributed by atoms with E-state index < -0.39 is 16.1 Å². The Morgan fingerprint density at radius 2 is 1.86 bits per heavy atom. The minimum absolute atomic E-state index is 0. The van der Waals surface area contributed by atoms with Crippen LogP contribution in [0.4, 0.5) is 15.2 Å². The first kappa shape index (κ1) is 23.2. The maximum atomic E-state index is 14.0. The number of rotatable bonds is 6. The Hall–Kier alpha value is -3.51. The molecule has 1 saturated heterocycles. The van der Waals surface area contributed by atoms with E-state index in [2.05, 4.69) is 19.0 Å². The van der Waals surface area contributed by atoms with Crippen molar-refractivity contribution in [2.24, 2.45) is 0 Å². The molecule has 3 heterocycles. The third-order valence-electron chi connectivity index (χ3n) is 6.17. The van der Waals surface area contributed by atoms with Crippen LogP contribution in [0.15, 0.2) is 66.0 Å². The van der Waals surface area contributed by atoms with Gasteiger partial charge in [0.15, 0.2) is 0 Å². The summed E-state index contributed by atoms with van der Waals surface area (Å²) in [7, 11) is -3.74. The number of nitrogens with zero attached hydrogens (tertiary/aromatic N) is 5. The van der Waals surface area contributed by atoms with E-state index in [0.717, 1.165) is 17.2 Å². The molecule has 1 amide bonds. The summed E-state index contributed by atoms with van der Waals surface area (Å²) in [5.74, 6) is -0.320. The number of piperazine rings is 1. The molecule has 2 aromatic carbocycles. The van der Waals surface area contributed by atoms with Gasteiger partial charge < -0.3 is 14.4 Å². The Bertz CT molecular complexity index is 1450. The maximum Gasteiger partial charge on any atom is 0.263 e. The van der Waals surface area contributed by atoms with E-state index in [-0.39, 0.29) is 23.2 Å². The number of hydrogen-bond donors (Lipinski definition) is 1. The predicted molar refractivity (Wildman–Crippen MR) is 135 cm³/mol. The molecular weight excluding hydrogens is 491 g/mol. The van der Waals surface area contributed by atoms with Crippen molar-refractivity contribution in [1.82, 2.24) is 18.8 Å². The number of fused-ring (bicyclic) bond motifs is 1. The first-order valence-corrected chi connectivity index (χ1v) is 13.3. The number of hydrogen-bond acceptors (Lipinski definition) is 7. The zero-order valence-electron chi connectivity index (χ0n) is 18.8. The van der Waals surface area contributed by atoms with E-state index in [0.29, 0.717) is 37.1 Å². The zero-order chi connectivity index (χ0) is 24.6. The van der Waals surface area contributed by atoms with Gasteiger partial charge in [0.25, 0.3) is 10.0 Å². The lowest BCUT2D eigenvalue weighted by molar-refractivity contribution is -0.134. The fourth-order valence-corrected chi connectivity index (χ4v) is 5.95. The molecule has 0 spiro atoms. The number of carbonyl (C=O) groups excluding carboxylic acids is 1. The molecule has 12 heteroatoms. The van der Waals surface area contributed by atoms with Gasteiger partial charge in [0.1, 0.15) is 18.2 Å². The molecule has 2 aromatic heterocycles. The highest BCUT2D eigenvalue weighted by Crippen LogP contribution is 2.25. The molecule has 1 atom stereocenters. The van der Waals surface area contributed by atoms with Crippen molar-refractivity contribution in [1.29, 1.82) is 0 Å². The largest absolute Gasteiger partial charge is 0.368 e. The monoisotopic (exact) mass is 516 g/mol. The highest BCUT2D eigenvalue weighted by Gasteiger charge is 2.27. The van der Waals surface area contributed by atoms with E-state index in [1.807, 2.05) is 22.5 Å². The van der Waals surface area contributed by atoms with Crippen molar-refractivity contribution >= 4 is 49.2 Å². The summed E-state index contributed by atoms with van der Waals surface area (Å²) in [6.07, 6.45) is 3.04. The van der Waals surface area contributed by atoms with Crippen LogP contribution in [-0.4, -0.2) is 59.3 Å². The van der Waals surface area contributed by atoms with Gasteiger partial charge in [0.2, 0.25) is 11.0 Å². The van der Waals surface area contributed by atoms with Crippen molar-refractivity contribution in [3.05, 3.63) is 66.9 Å². The van der Waals surface area contributed by atoms with Gasteiger partial charge in [-0.1, -0.05) is 6.07 Å². The van der Waals surface area contributed by atoms with Gasteiger partial charge in [0, 0.05) is 56.4 Å². The Kier molecular flexibility index (Phi) is 6.15. The van der Waals surface area contributed by atoms with Gasteiger partial charge >= 0.3 is 0 Å². The minimum Gasteiger partial charge on any atom is -0.368 e. The van der Waals surface area contributed by atoms with E-state index >= 15 is 0 Å². The molecule has 0 radical (unpaired) electrons. The zero-order valence-corrected chi connectivity index (χ0v) is 20.5. The normalized spacial score (nSPS) is 15.4. The van der Waals surface area contributed by atoms with Crippen LogP contribution in [0.5, 0.6) is 0 Å². The van der Waals surface area contributed by atoms with Crippen LogP contribution in [0, 0.1) is 5.82 Å². The molecule has 1 aliphatic heterocycles. The van der Waals surface area contributed by atoms with Gasteiger partial charge in [-0.3, -0.25) is 9.52 Å². The molecular formula is C23H25FN6O3S2. The first-order valence-electron chi connectivity index (χ1n) is 11.0. The number of amides is 1. The van der Waals surface area contributed by atoms with Gasteiger partial charge in [0.05, 0.1) is 10.4 Å². The molecule has 0 saturated carbocycles. The van der Waals surface area contributed by atoms with E-state index in [1.54, 1.807) is 42.6 Å². The summed E-state index contributed by atoms with van der Waals surface area (Å²) >= 11 is 0.965. The van der Waals surface area contributed by atoms with Gasteiger partial charge in [-0.15, -0.1) is 0 Å². The molecule has 184 valence electrons. The quantitative estimate of drug-likeness (QED) is 0.420. The molecule has 1 N–H and O–H groups in total. The summed E-state index contributed by atoms with van der Waals surface area (Å²) in [5.41, 5.74) is 1.58. The van der Waals surface area contributed by atoms with Crippen molar-refractivity contribution in [3.8, 4) is 0 Å². The molecule has 5 rings (SSSR count).